The lowest BCUT2D eigenvalue weighted by Gasteiger charge is -2.36. The summed E-state index contributed by atoms with van der Waals surface area (Å²) in [7, 11) is 1.57. The molecule has 2 rings (SSSR count). The van der Waals surface area contributed by atoms with Crippen molar-refractivity contribution in [1.29, 1.82) is 0 Å². The quantitative estimate of drug-likeness (QED) is 0.824. The third-order valence-electron chi connectivity index (χ3n) is 3.07. The molecule has 0 saturated carbocycles. The Morgan fingerprint density at radius 1 is 1.14 bits per heavy atom. The summed E-state index contributed by atoms with van der Waals surface area (Å²) in [4.78, 5) is 24.2. The lowest BCUT2D eigenvalue weighted by molar-refractivity contribution is 0.0240. The van der Waals surface area contributed by atoms with Gasteiger partial charge in [-0.2, -0.15) is 0 Å². The van der Waals surface area contributed by atoms with Crippen LogP contribution in [-0.2, 0) is 4.74 Å². The molecule has 0 unspecified atom stereocenters. The number of rotatable bonds is 2. The number of hydrogen-bond acceptors (Lipinski definition) is 6. The molecule has 2 heterocycles. The first-order valence-corrected chi connectivity index (χ1v) is 6.98. The van der Waals surface area contributed by atoms with Gasteiger partial charge in [0.15, 0.2) is 5.82 Å². The van der Waals surface area contributed by atoms with Crippen molar-refractivity contribution < 1.29 is 14.3 Å². The number of methoxy groups -OCH3 is 1. The molecule has 0 bridgehead atoms. The van der Waals surface area contributed by atoms with Gasteiger partial charge >= 0.3 is 6.09 Å². The zero-order valence-electron chi connectivity index (χ0n) is 13.0. The first kappa shape index (κ1) is 15.3. The van der Waals surface area contributed by atoms with Crippen molar-refractivity contribution in [2.24, 2.45) is 0 Å². The van der Waals surface area contributed by atoms with Gasteiger partial charge in [0.1, 0.15) is 5.60 Å². The summed E-state index contributed by atoms with van der Waals surface area (Å²) in [5.74, 6) is 1.21. The van der Waals surface area contributed by atoms with Crippen molar-refractivity contribution in [1.82, 2.24) is 14.9 Å². The maximum atomic E-state index is 12.0. The molecule has 0 N–H and O–H groups in total. The first-order valence-electron chi connectivity index (χ1n) is 6.98. The normalized spacial score (nSPS) is 15.8. The van der Waals surface area contributed by atoms with E-state index in [1.54, 1.807) is 24.4 Å². The van der Waals surface area contributed by atoms with Gasteiger partial charge in [0, 0.05) is 38.6 Å². The van der Waals surface area contributed by atoms with Crippen LogP contribution < -0.4 is 9.64 Å². The predicted octanol–water partition coefficient (Wildman–Crippen LogP) is 1.54. The fourth-order valence-electron chi connectivity index (χ4n) is 2.11. The lowest BCUT2D eigenvalue weighted by atomic mass is 10.2. The summed E-state index contributed by atoms with van der Waals surface area (Å²) in [6, 6.07) is 0. The second-order valence-electron chi connectivity index (χ2n) is 5.84. The standard InChI is InChI=1S/C14H22N4O3/c1-14(2,3)21-13(19)18-9-7-17(8-10-18)11-12(20-4)16-6-5-15-11/h5-6H,7-10H2,1-4H3. The molecular weight excluding hydrogens is 272 g/mol. The van der Waals surface area contributed by atoms with E-state index in [0.29, 0.717) is 37.9 Å². The fourth-order valence-corrected chi connectivity index (χ4v) is 2.11. The minimum absolute atomic E-state index is 0.270. The van der Waals surface area contributed by atoms with Crippen LogP contribution in [0.25, 0.3) is 0 Å². The zero-order valence-corrected chi connectivity index (χ0v) is 13.0. The molecule has 1 saturated heterocycles. The van der Waals surface area contributed by atoms with E-state index in [2.05, 4.69) is 14.9 Å². The van der Waals surface area contributed by atoms with Crippen molar-refractivity contribution in [2.45, 2.75) is 26.4 Å². The van der Waals surface area contributed by atoms with Crippen LogP contribution in [0.3, 0.4) is 0 Å². The molecule has 1 aromatic rings. The van der Waals surface area contributed by atoms with Gasteiger partial charge in [-0.15, -0.1) is 0 Å². The van der Waals surface area contributed by atoms with E-state index in [1.807, 2.05) is 20.8 Å². The minimum atomic E-state index is -0.470. The smallest absolute Gasteiger partial charge is 0.410 e. The van der Waals surface area contributed by atoms with Crippen molar-refractivity contribution in [2.75, 3.05) is 38.2 Å². The molecule has 116 valence electrons. The summed E-state index contributed by atoms with van der Waals surface area (Å²) in [5.41, 5.74) is -0.470. The molecule has 21 heavy (non-hydrogen) atoms. The van der Waals surface area contributed by atoms with E-state index in [-0.39, 0.29) is 6.09 Å². The maximum absolute atomic E-state index is 12.0. The highest BCUT2D eigenvalue weighted by molar-refractivity contribution is 5.68. The molecule has 7 heteroatoms. The second-order valence-corrected chi connectivity index (χ2v) is 5.84. The number of amides is 1. The van der Waals surface area contributed by atoms with Crippen LogP contribution in [-0.4, -0.2) is 59.9 Å². The van der Waals surface area contributed by atoms with Crippen LogP contribution >= 0.6 is 0 Å². The molecule has 1 aromatic heterocycles. The van der Waals surface area contributed by atoms with E-state index in [0.717, 1.165) is 0 Å². The highest BCUT2D eigenvalue weighted by Crippen LogP contribution is 2.23. The van der Waals surface area contributed by atoms with Gasteiger partial charge in [0.25, 0.3) is 5.88 Å². The molecule has 7 nitrogen and oxygen atoms in total. The average Bonchev–Trinajstić information content (AvgIpc) is 2.45. The third kappa shape index (κ3) is 3.96. The number of aromatic nitrogens is 2. The van der Waals surface area contributed by atoms with Gasteiger partial charge in [0.2, 0.25) is 0 Å². The molecule has 1 aliphatic heterocycles. The molecule has 1 amide bonds. The molecule has 0 radical (unpaired) electrons. The SMILES string of the molecule is COc1nccnc1N1CCN(C(=O)OC(C)(C)C)CC1. The molecule has 0 aliphatic carbocycles. The van der Waals surface area contributed by atoms with Gasteiger partial charge in [-0.1, -0.05) is 0 Å². The van der Waals surface area contributed by atoms with Gasteiger partial charge in [0.05, 0.1) is 7.11 Å². The van der Waals surface area contributed by atoms with Crippen molar-refractivity contribution in [3.63, 3.8) is 0 Å². The Labute approximate surface area is 124 Å². The average molecular weight is 294 g/mol. The number of carbonyl (C=O) groups is 1. The van der Waals surface area contributed by atoms with E-state index >= 15 is 0 Å². The third-order valence-corrected chi connectivity index (χ3v) is 3.07. The summed E-state index contributed by atoms with van der Waals surface area (Å²) in [5, 5.41) is 0. The molecule has 0 aromatic carbocycles. The van der Waals surface area contributed by atoms with Gasteiger partial charge < -0.3 is 19.3 Å². The molecule has 0 spiro atoms. The van der Waals surface area contributed by atoms with Crippen LogP contribution in [0.5, 0.6) is 5.88 Å². The van der Waals surface area contributed by atoms with Crippen molar-refractivity contribution >= 4 is 11.9 Å². The zero-order chi connectivity index (χ0) is 15.5. The number of carbonyl (C=O) groups excluding carboxylic acids is 1. The Bertz CT molecular complexity index is 493. The molecule has 1 aliphatic rings. The number of anilines is 1. The van der Waals surface area contributed by atoms with E-state index in [4.69, 9.17) is 9.47 Å². The Morgan fingerprint density at radius 3 is 2.33 bits per heavy atom. The Balaban J connectivity index is 1.96. The minimum Gasteiger partial charge on any atom is -0.478 e. The Kier molecular flexibility index (Phi) is 4.50. The van der Waals surface area contributed by atoms with Crippen LogP contribution in [0.15, 0.2) is 12.4 Å². The largest absolute Gasteiger partial charge is 0.478 e. The van der Waals surface area contributed by atoms with Crippen molar-refractivity contribution in [3.8, 4) is 5.88 Å². The van der Waals surface area contributed by atoms with Gasteiger partial charge in [-0.3, -0.25) is 0 Å². The van der Waals surface area contributed by atoms with E-state index in [9.17, 15) is 4.79 Å². The van der Waals surface area contributed by atoms with Crippen LogP contribution in [0, 0.1) is 0 Å². The maximum Gasteiger partial charge on any atom is 0.410 e. The molecular formula is C14H22N4O3. The number of piperazine rings is 1. The first-order chi connectivity index (χ1) is 9.90. The number of hydrogen-bond donors (Lipinski definition) is 0. The summed E-state index contributed by atoms with van der Waals surface area (Å²) < 4.78 is 10.6. The van der Waals surface area contributed by atoms with Crippen LogP contribution in [0.4, 0.5) is 10.6 Å². The highest BCUT2D eigenvalue weighted by Gasteiger charge is 2.27. The fraction of sp³-hybridized carbons (Fsp3) is 0.643. The number of ether oxygens (including phenoxy) is 2. The number of nitrogens with zero attached hydrogens (tertiary/aromatic N) is 4. The molecule has 1 fully saturated rings. The van der Waals surface area contributed by atoms with Crippen LogP contribution in [0.1, 0.15) is 20.8 Å². The summed E-state index contributed by atoms with van der Waals surface area (Å²) in [6.07, 6.45) is 2.96. The molecule has 0 atom stereocenters. The Hall–Kier alpha value is -2.05. The van der Waals surface area contributed by atoms with E-state index in [1.165, 1.54) is 0 Å². The topological polar surface area (TPSA) is 67.8 Å². The van der Waals surface area contributed by atoms with Crippen LogP contribution in [0.2, 0.25) is 0 Å². The second kappa shape index (κ2) is 6.15. The van der Waals surface area contributed by atoms with Crippen molar-refractivity contribution in [3.05, 3.63) is 12.4 Å². The van der Waals surface area contributed by atoms with Gasteiger partial charge in [-0.05, 0) is 20.8 Å². The monoisotopic (exact) mass is 294 g/mol. The summed E-state index contributed by atoms with van der Waals surface area (Å²) >= 11 is 0. The summed E-state index contributed by atoms with van der Waals surface area (Å²) in [6.45, 7) is 8.13. The Morgan fingerprint density at radius 2 is 1.76 bits per heavy atom. The van der Waals surface area contributed by atoms with Gasteiger partial charge in [-0.25, -0.2) is 14.8 Å². The predicted molar refractivity (Wildman–Crippen MR) is 78.6 cm³/mol. The lowest BCUT2D eigenvalue weighted by Crippen LogP contribution is -2.50. The van der Waals surface area contributed by atoms with E-state index < -0.39 is 5.60 Å². The highest BCUT2D eigenvalue weighted by atomic mass is 16.6.